The molecule has 3 aliphatic rings. The molecule has 1 saturated carbocycles. The van der Waals surface area contributed by atoms with E-state index < -0.39 is 0 Å². The van der Waals surface area contributed by atoms with Crippen LogP contribution < -0.4 is 15.8 Å². The summed E-state index contributed by atoms with van der Waals surface area (Å²) in [5.74, 6) is 1.64. The fourth-order valence-electron chi connectivity index (χ4n) is 7.29. The number of nitrogens with zero attached hydrogens (tertiary/aromatic N) is 6. The second kappa shape index (κ2) is 13.0. The number of carbonyl (C=O) groups is 1. The van der Waals surface area contributed by atoms with Gasteiger partial charge in [0, 0.05) is 53.2 Å². The van der Waals surface area contributed by atoms with Crippen LogP contribution in [0.4, 0.5) is 17.5 Å². The molecule has 6 rings (SSSR count). The lowest BCUT2D eigenvalue weighted by atomic mass is 9.91. The zero-order valence-electron chi connectivity index (χ0n) is 25.9. The molecule has 3 aromatic heterocycles. The van der Waals surface area contributed by atoms with Gasteiger partial charge in [-0.3, -0.25) is 19.1 Å². The van der Waals surface area contributed by atoms with Crippen molar-refractivity contribution in [3.63, 3.8) is 0 Å². The van der Waals surface area contributed by atoms with Gasteiger partial charge in [0.05, 0.1) is 17.4 Å². The molecule has 0 amide bonds. The largest absolute Gasteiger partial charge is 0.368 e. The summed E-state index contributed by atoms with van der Waals surface area (Å²) < 4.78 is 1.74. The predicted molar refractivity (Wildman–Crippen MR) is 177 cm³/mol. The third-order valence-corrected chi connectivity index (χ3v) is 9.74. The number of pyridine rings is 2. The van der Waals surface area contributed by atoms with Crippen molar-refractivity contribution in [3.05, 3.63) is 57.7 Å². The standard InChI is InChI=1S/C34H45N7O2.2H2/c1-23-8-6-10-26(11-7-9-23)22-39-16-18-40(19-17-39)28-14-15-30(35-20-28)37-34-36-21-29-24(2)31(25(3)42)33(43)41(32(29)38-34)27-12-4-5-13-27;;/h8,14-15,20-21,26-27H,4-7,9-13,16-19,22H2,1-3H3,(H,35,36,37,38);2*1H. The first-order valence-electron chi connectivity index (χ1n) is 16.2. The quantitative estimate of drug-likeness (QED) is 0.241. The van der Waals surface area contributed by atoms with Crippen molar-refractivity contribution in [1.82, 2.24) is 24.4 Å². The molecule has 43 heavy (non-hydrogen) atoms. The van der Waals surface area contributed by atoms with E-state index in [-0.39, 0.29) is 25.8 Å². The van der Waals surface area contributed by atoms with Gasteiger partial charge in [0.25, 0.3) is 5.56 Å². The Labute approximate surface area is 257 Å². The van der Waals surface area contributed by atoms with Crippen molar-refractivity contribution in [2.45, 2.75) is 84.6 Å². The van der Waals surface area contributed by atoms with Crippen molar-refractivity contribution < 1.29 is 7.65 Å². The van der Waals surface area contributed by atoms with Gasteiger partial charge in [0.2, 0.25) is 5.95 Å². The number of carbonyl (C=O) groups excluding carboxylic acids is 1. The van der Waals surface area contributed by atoms with Crippen LogP contribution in [-0.4, -0.2) is 62.9 Å². The average Bonchev–Trinajstić information content (AvgIpc) is 3.51. The third-order valence-electron chi connectivity index (χ3n) is 9.74. The molecule has 9 nitrogen and oxygen atoms in total. The van der Waals surface area contributed by atoms with Crippen LogP contribution in [0.25, 0.3) is 11.0 Å². The fraction of sp³-hybridized carbons (Fsp3) is 0.559. The zero-order chi connectivity index (χ0) is 29.9. The predicted octanol–water partition coefficient (Wildman–Crippen LogP) is 6.70. The van der Waals surface area contributed by atoms with Crippen LogP contribution in [0.3, 0.4) is 0 Å². The average molecular weight is 588 g/mol. The molecule has 0 radical (unpaired) electrons. The molecule has 0 bridgehead atoms. The molecule has 0 aromatic carbocycles. The van der Waals surface area contributed by atoms with Crippen LogP contribution in [0.1, 0.15) is 96.5 Å². The van der Waals surface area contributed by atoms with E-state index >= 15 is 0 Å². The molecule has 0 spiro atoms. The van der Waals surface area contributed by atoms with Crippen LogP contribution >= 0.6 is 0 Å². The number of hydrogen-bond donors (Lipinski definition) is 1. The topological polar surface area (TPSA) is 96.2 Å². The van der Waals surface area contributed by atoms with Gasteiger partial charge < -0.3 is 10.2 Å². The SMILES string of the molecule is CC(=O)c1c(C)c2cnc(Nc3ccc(N4CCN(CC5CCC=C(C)CCC5)CC4)cn3)nc2n(C2CCCC2)c1=O.[HH].[HH]. The molecule has 3 aromatic rings. The molecular weight excluding hydrogens is 538 g/mol. The van der Waals surface area contributed by atoms with Crippen LogP contribution in [0, 0.1) is 12.8 Å². The van der Waals surface area contributed by atoms with Gasteiger partial charge in [-0.15, -0.1) is 0 Å². The fourth-order valence-corrected chi connectivity index (χ4v) is 7.29. The highest BCUT2D eigenvalue weighted by Gasteiger charge is 2.26. The molecule has 9 heteroatoms. The Morgan fingerprint density at radius 3 is 2.51 bits per heavy atom. The molecule has 1 aliphatic heterocycles. The van der Waals surface area contributed by atoms with Gasteiger partial charge in [-0.05, 0) is 89.3 Å². The molecule has 1 saturated heterocycles. The Hall–Kier alpha value is -3.59. The van der Waals surface area contributed by atoms with E-state index in [0.717, 1.165) is 68.9 Å². The first-order chi connectivity index (χ1) is 20.9. The molecule has 2 fully saturated rings. The first kappa shape index (κ1) is 29.5. The summed E-state index contributed by atoms with van der Waals surface area (Å²) in [4.78, 5) is 44.9. The van der Waals surface area contributed by atoms with Crippen molar-refractivity contribution in [2.75, 3.05) is 42.9 Å². The van der Waals surface area contributed by atoms with Crippen molar-refractivity contribution in [2.24, 2.45) is 5.92 Å². The van der Waals surface area contributed by atoms with Gasteiger partial charge in [0.1, 0.15) is 11.5 Å². The zero-order valence-corrected chi connectivity index (χ0v) is 25.9. The maximum absolute atomic E-state index is 13.5. The van der Waals surface area contributed by atoms with Crippen molar-refractivity contribution in [3.8, 4) is 0 Å². The van der Waals surface area contributed by atoms with E-state index in [0.29, 0.717) is 23.0 Å². The Morgan fingerprint density at radius 1 is 1.00 bits per heavy atom. The Balaban J connectivity index is 0.00000230. The number of ketones is 1. The monoisotopic (exact) mass is 587 g/mol. The van der Waals surface area contributed by atoms with Gasteiger partial charge in [-0.25, -0.2) is 9.97 Å². The highest BCUT2D eigenvalue weighted by molar-refractivity contribution is 5.99. The number of anilines is 3. The van der Waals surface area contributed by atoms with E-state index in [1.165, 1.54) is 45.6 Å². The summed E-state index contributed by atoms with van der Waals surface area (Å²) in [6.45, 7) is 11.0. The number of rotatable bonds is 7. The second-order valence-corrected chi connectivity index (χ2v) is 12.8. The lowest BCUT2D eigenvalue weighted by molar-refractivity contribution is 0.101. The number of Topliss-reactive ketones (excluding diaryl/α,β-unsaturated/α-hetero) is 1. The molecule has 4 heterocycles. The minimum Gasteiger partial charge on any atom is -0.368 e. The molecule has 232 valence electrons. The van der Waals surface area contributed by atoms with Crippen LogP contribution in [0.5, 0.6) is 0 Å². The van der Waals surface area contributed by atoms with E-state index in [1.807, 2.05) is 19.2 Å². The summed E-state index contributed by atoms with van der Waals surface area (Å²) in [5, 5.41) is 3.98. The minimum atomic E-state index is -0.242. The summed E-state index contributed by atoms with van der Waals surface area (Å²) >= 11 is 0. The number of allylic oxidation sites excluding steroid dienone is 2. The molecule has 2 aliphatic carbocycles. The smallest absolute Gasteiger partial charge is 0.263 e. The highest BCUT2D eigenvalue weighted by atomic mass is 16.1. The van der Waals surface area contributed by atoms with Gasteiger partial charge in [-0.2, -0.15) is 4.98 Å². The van der Waals surface area contributed by atoms with Crippen molar-refractivity contribution >= 4 is 34.3 Å². The second-order valence-electron chi connectivity index (χ2n) is 12.8. The third kappa shape index (κ3) is 6.51. The summed E-state index contributed by atoms with van der Waals surface area (Å²) in [6, 6.07) is 4.12. The van der Waals surface area contributed by atoms with E-state index in [9.17, 15) is 9.59 Å². The Morgan fingerprint density at radius 2 is 1.79 bits per heavy atom. The van der Waals surface area contributed by atoms with Gasteiger partial charge >= 0.3 is 0 Å². The lowest BCUT2D eigenvalue weighted by Crippen LogP contribution is -2.47. The van der Waals surface area contributed by atoms with E-state index in [4.69, 9.17) is 4.98 Å². The maximum Gasteiger partial charge on any atom is 0.263 e. The molecule has 1 N–H and O–H groups in total. The van der Waals surface area contributed by atoms with E-state index in [1.54, 1.807) is 16.3 Å². The minimum absolute atomic E-state index is 0. The number of hydrogen-bond acceptors (Lipinski definition) is 8. The Bertz CT molecular complexity index is 1560. The van der Waals surface area contributed by atoms with Gasteiger partial charge in [0.15, 0.2) is 5.78 Å². The first-order valence-corrected chi connectivity index (χ1v) is 16.2. The number of nitrogens with one attached hydrogen (secondary N) is 1. The van der Waals surface area contributed by atoms with Crippen LogP contribution in [0.15, 0.2) is 41.0 Å². The lowest BCUT2D eigenvalue weighted by Gasteiger charge is -2.37. The molecule has 1 unspecified atom stereocenters. The highest BCUT2D eigenvalue weighted by Crippen LogP contribution is 2.32. The Kier molecular flexibility index (Phi) is 8.88. The number of fused-ring (bicyclic) bond motifs is 1. The summed E-state index contributed by atoms with van der Waals surface area (Å²) in [5.41, 5.74) is 3.92. The van der Waals surface area contributed by atoms with E-state index in [2.05, 4.69) is 44.2 Å². The summed E-state index contributed by atoms with van der Waals surface area (Å²) in [7, 11) is 0. The normalized spacial score (nSPS) is 20.6. The maximum atomic E-state index is 13.5. The van der Waals surface area contributed by atoms with Crippen LogP contribution in [0.2, 0.25) is 0 Å². The molecule has 1 atom stereocenters. The van der Waals surface area contributed by atoms with Crippen molar-refractivity contribution in [1.29, 1.82) is 0 Å². The number of aromatic nitrogens is 4. The summed E-state index contributed by atoms with van der Waals surface area (Å²) in [6.07, 6.45) is 16.5. The van der Waals surface area contributed by atoms with Gasteiger partial charge in [-0.1, -0.05) is 24.5 Å². The van der Waals surface area contributed by atoms with Crippen LogP contribution in [-0.2, 0) is 0 Å². The number of aryl methyl sites for hydroxylation is 1. The molecular formula is C34H49N7O2. The number of piperazine rings is 1.